The Labute approximate surface area is 46.1 Å². The predicted molar refractivity (Wildman–Crippen MR) is 20.3 cm³/mol. The molecule has 0 amide bonds. The lowest BCUT2D eigenvalue weighted by molar-refractivity contribution is -0.305. The zero-order valence-electron chi connectivity index (χ0n) is 4.34. The second-order valence-corrected chi connectivity index (χ2v) is 0.809. The van der Waals surface area contributed by atoms with Gasteiger partial charge in [-0.15, -0.1) is 0 Å². The van der Waals surface area contributed by atoms with Gasteiger partial charge in [-0.1, -0.05) is 6.92 Å². The van der Waals surface area contributed by atoms with Crippen LogP contribution in [0.2, 0.25) is 0 Å². The van der Waals surface area contributed by atoms with E-state index < -0.39 is 5.97 Å². The summed E-state index contributed by atoms with van der Waals surface area (Å²) in [6.07, 6.45) is 0.361. The van der Waals surface area contributed by atoms with E-state index in [1.54, 1.807) is 0 Å². The van der Waals surface area contributed by atoms with Crippen molar-refractivity contribution in [2.75, 3.05) is 0 Å². The highest BCUT2D eigenvalue weighted by molar-refractivity contribution is 5.63. The van der Waals surface area contributed by atoms with Crippen LogP contribution in [0.5, 0.6) is 0 Å². The lowest BCUT2D eigenvalue weighted by atomic mass is 10.5. The second kappa shape index (κ2) is 9.28. The maximum atomic E-state index is 9.26. The van der Waals surface area contributed by atoms with Gasteiger partial charge >= 0.3 is 6.15 Å². The van der Waals surface area contributed by atoms with E-state index in [0.29, 0.717) is 0 Å². The third-order valence-electron chi connectivity index (χ3n) is 0.289. The van der Waals surface area contributed by atoms with Gasteiger partial charge in [-0.2, -0.15) is 9.59 Å². The Balaban J connectivity index is 0. The van der Waals surface area contributed by atoms with Crippen molar-refractivity contribution in [3.63, 3.8) is 0 Å². The van der Waals surface area contributed by atoms with E-state index in [1.807, 2.05) is 0 Å². The largest absolute Gasteiger partial charge is 0.550 e. The van der Waals surface area contributed by atoms with Crippen LogP contribution < -0.4 is 5.11 Å². The van der Waals surface area contributed by atoms with Gasteiger partial charge in [-0.3, -0.25) is 0 Å². The molecule has 0 atom stereocenters. The van der Waals surface area contributed by atoms with E-state index in [0.717, 1.165) is 0 Å². The molecule has 0 aliphatic heterocycles. The van der Waals surface area contributed by atoms with Crippen molar-refractivity contribution < 1.29 is 19.5 Å². The minimum absolute atomic E-state index is 0.111. The summed E-state index contributed by atoms with van der Waals surface area (Å²) in [5.74, 6) is -0.995. The van der Waals surface area contributed by atoms with E-state index in [9.17, 15) is 9.90 Å². The number of aliphatic carboxylic acids is 1. The molecule has 0 radical (unpaired) electrons. The summed E-state index contributed by atoms with van der Waals surface area (Å²) in [6, 6.07) is 0. The van der Waals surface area contributed by atoms with Crippen LogP contribution in [-0.4, -0.2) is 12.1 Å². The summed E-state index contributed by atoms with van der Waals surface area (Å²) in [5.41, 5.74) is 0. The Morgan fingerprint density at radius 3 is 1.75 bits per heavy atom. The highest BCUT2D eigenvalue weighted by Crippen LogP contribution is 1.61. The van der Waals surface area contributed by atoms with Crippen LogP contribution in [-0.2, 0) is 14.4 Å². The minimum atomic E-state index is -0.995. The Bertz CT molecular complexity index is 90.2. The third-order valence-corrected chi connectivity index (χ3v) is 0.289. The monoisotopic (exact) mass is 117 g/mol. The molecule has 0 unspecified atom stereocenters. The van der Waals surface area contributed by atoms with Gasteiger partial charge in [0.15, 0.2) is 0 Å². The fourth-order valence-electron chi connectivity index (χ4n) is 0. The van der Waals surface area contributed by atoms with Crippen molar-refractivity contribution in [2.24, 2.45) is 0 Å². The third kappa shape index (κ3) is 99.5. The van der Waals surface area contributed by atoms with Crippen molar-refractivity contribution in [3.05, 3.63) is 0 Å². The first-order valence-corrected chi connectivity index (χ1v) is 1.88. The first kappa shape index (κ1) is 9.97. The fourth-order valence-corrected chi connectivity index (χ4v) is 0. The predicted octanol–water partition coefficient (Wildman–Crippen LogP) is -1.44. The Kier molecular flexibility index (Phi) is 11.6. The van der Waals surface area contributed by atoms with Gasteiger partial charge in [0, 0.05) is 5.97 Å². The molecule has 0 fully saturated rings. The molecule has 0 bridgehead atoms. The zero-order chi connectivity index (χ0) is 6.99. The molecule has 0 heterocycles. The molecule has 8 heavy (non-hydrogen) atoms. The van der Waals surface area contributed by atoms with Gasteiger partial charge in [0.05, 0.1) is 0 Å². The average molecular weight is 117 g/mol. The van der Waals surface area contributed by atoms with Crippen LogP contribution in [0.1, 0.15) is 13.3 Å². The van der Waals surface area contributed by atoms with Gasteiger partial charge in [0.2, 0.25) is 0 Å². The van der Waals surface area contributed by atoms with Gasteiger partial charge in [-0.05, 0) is 6.42 Å². The Hall–Kier alpha value is -1.15. The smallest absolute Gasteiger partial charge is 0.373 e. The molecule has 0 aliphatic carbocycles. The van der Waals surface area contributed by atoms with Crippen LogP contribution >= 0.6 is 0 Å². The summed E-state index contributed by atoms with van der Waals surface area (Å²) in [5, 5.41) is 9.26. The molecule has 0 aromatic heterocycles. The molecular formula is C4H5O4-. The van der Waals surface area contributed by atoms with Crippen molar-refractivity contribution in [1.82, 2.24) is 0 Å². The van der Waals surface area contributed by atoms with Crippen LogP contribution in [0.15, 0.2) is 0 Å². The summed E-state index contributed by atoms with van der Waals surface area (Å²) in [7, 11) is 0. The highest BCUT2D eigenvalue weighted by Gasteiger charge is 1.65. The van der Waals surface area contributed by atoms with Crippen molar-refractivity contribution >= 4 is 12.1 Å². The summed E-state index contributed by atoms with van der Waals surface area (Å²) >= 11 is 0. The Morgan fingerprint density at radius 2 is 1.75 bits per heavy atom. The van der Waals surface area contributed by atoms with Crippen LogP contribution in [0.4, 0.5) is 0 Å². The number of carbonyl (C=O) groups excluding carboxylic acids is 3. The number of rotatable bonds is 1. The number of carboxylic acid groups (broad SMARTS) is 1. The molecule has 0 saturated heterocycles. The van der Waals surface area contributed by atoms with E-state index in [4.69, 9.17) is 9.59 Å². The SMILES string of the molecule is CCC(=O)[O-].O=C=O. The molecule has 4 heteroatoms. The summed E-state index contributed by atoms with van der Waals surface area (Å²) in [6.45, 7) is 1.54. The van der Waals surface area contributed by atoms with Crippen LogP contribution in [0.3, 0.4) is 0 Å². The summed E-state index contributed by atoms with van der Waals surface area (Å²) in [4.78, 5) is 25.5. The van der Waals surface area contributed by atoms with Gasteiger partial charge in [-0.25, -0.2) is 0 Å². The summed E-state index contributed by atoms with van der Waals surface area (Å²) < 4.78 is 0. The van der Waals surface area contributed by atoms with Crippen molar-refractivity contribution in [2.45, 2.75) is 13.3 Å². The lowest BCUT2D eigenvalue weighted by Gasteiger charge is -1.87. The van der Waals surface area contributed by atoms with Crippen molar-refractivity contribution in [1.29, 1.82) is 0 Å². The van der Waals surface area contributed by atoms with Gasteiger partial charge in [0.1, 0.15) is 0 Å². The second-order valence-electron chi connectivity index (χ2n) is 0.809. The van der Waals surface area contributed by atoms with E-state index in [2.05, 4.69) is 0 Å². The number of hydrogen-bond acceptors (Lipinski definition) is 4. The van der Waals surface area contributed by atoms with E-state index in [1.165, 1.54) is 6.92 Å². The normalized spacial score (nSPS) is 5.62. The molecule has 0 aromatic rings. The number of carboxylic acids is 1. The van der Waals surface area contributed by atoms with Gasteiger partial charge in [0.25, 0.3) is 0 Å². The quantitative estimate of drug-likeness (QED) is 0.421. The van der Waals surface area contributed by atoms with Crippen LogP contribution in [0, 0.1) is 0 Å². The van der Waals surface area contributed by atoms with E-state index >= 15 is 0 Å². The maximum absolute atomic E-state index is 9.26. The van der Waals surface area contributed by atoms with Crippen LogP contribution in [0.25, 0.3) is 0 Å². The zero-order valence-corrected chi connectivity index (χ0v) is 4.34. The van der Waals surface area contributed by atoms with Crippen molar-refractivity contribution in [3.8, 4) is 0 Å². The first-order valence-electron chi connectivity index (χ1n) is 1.88. The topological polar surface area (TPSA) is 74.3 Å². The molecule has 46 valence electrons. The molecular weight excluding hydrogens is 112 g/mol. The highest BCUT2D eigenvalue weighted by atomic mass is 16.4. The fraction of sp³-hybridized carbons (Fsp3) is 0.500. The molecule has 0 rings (SSSR count). The number of hydrogen-bond donors (Lipinski definition) is 0. The number of carbonyl (C=O) groups is 1. The lowest BCUT2D eigenvalue weighted by Crippen LogP contribution is -2.19. The molecule has 0 N–H and O–H groups in total. The molecule has 0 saturated carbocycles. The standard InChI is InChI=1S/C3H6O2.CO2/c1-2-3(4)5;2-1-3/h2H2,1H3,(H,4,5);/p-1. The molecule has 0 aromatic carbocycles. The van der Waals surface area contributed by atoms with E-state index in [-0.39, 0.29) is 12.6 Å². The average Bonchev–Trinajstić information content (AvgIpc) is 1.69. The Morgan fingerprint density at radius 1 is 1.62 bits per heavy atom. The molecule has 0 spiro atoms. The molecule has 0 aliphatic rings. The minimum Gasteiger partial charge on any atom is -0.550 e. The molecule has 4 nitrogen and oxygen atoms in total. The maximum Gasteiger partial charge on any atom is 0.373 e. The van der Waals surface area contributed by atoms with Gasteiger partial charge < -0.3 is 9.90 Å². The first-order chi connectivity index (χ1) is 3.68.